The highest BCUT2D eigenvalue weighted by Gasteiger charge is 2.04. The molecule has 0 aliphatic carbocycles. The van der Waals surface area contributed by atoms with E-state index in [9.17, 15) is 9.59 Å². The monoisotopic (exact) mass is 318 g/mol. The van der Waals surface area contributed by atoms with Crippen molar-refractivity contribution in [2.24, 2.45) is 0 Å². The summed E-state index contributed by atoms with van der Waals surface area (Å²) in [7, 11) is 0. The van der Waals surface area contributed by atoms with Crippen molar-refractivity contribution in [1.82, 2.24) is 9.88 Å². The minimum Gasteiger partial charge on any atom is -0.394 e. The quantitative estimate of drug-likeness (QED) is 0.679. The number of hydrogen-bond acceptors (Lipinski definition) is 4. The van der Waals surface area contributed by atoms with Crippen LogP contribution in [0.15, 0.2) is 27.6 Å². The predicted octanol–water partition coefficient (Wildman–Crippen LogP) is -0.264. The Morgan fingerprint density at radius 2 is 2.22 bits per heavy atom. The molecule has 1 heterocycles. The van der Waals surface area contributed by atoms with Crippen LogP contribution in [0.4, 0.5) is 0 Å². The first-order valence-electron chi connectivity index (χ1n) is 5.45. The number of aliphatic hydroxyl groups excluding tert-OH is 1. The fourth-order valence-corrected chi connectivity index (χ4v) is 1.64. The lowest BCUT2D eigenvalue weighted by Crippen LogP contribution is -2.33. The van der Waals surface area contributed by atoms with E-state index in [0.29, 0.717) is 13.2 Å². The lowest BCUT2D eigenvalue weighted by atomic mass is 10.4. The van der Waals surface area contributed by atoms with Gasteiger partial charge < -0.3 is 19.7 Å². The van der Waals surface area contributed by atoms with Crippen molar-refractivity contribution < 1.29 is 14.6 Å². The molecule has 0 unspecified atom stereocenters. The average Bonchev–Trinajstić information content (AvgIpc) is 2.33. The van der Waals surface area contributed by atoms with E-state index >= 15 is 0 Å². The number of amides is 1. The van der Waals surface area contributed by atoms with Crippen LogP contribution in [0, 0.1) is 0 Å². The lowest BCUT2D eigenvalue weighted by molar-refractivity contribution is -0.121. The fraction of sp³-hybridized carbons (Fsp3) is 0.455. The lowest BCUT2D eigenvalue weighted by Gasteiger charge is -2.07. The molecule has 1 rings (SSSR count). The van der Waals surface area contributed by atoms with Gasteiger partial charge in [0.2, 0.25) is 5.91 Å². The third-order valence-corrected chi connectivity index (χ3v) is 2.53. The Balaban J connectivity index is 2.35. The number of aromatic nitrogens is 1. The largest absolute Gasteiger partial charge is 0.394 e. The molecule has 7 heteroatoms. The van der Waals surface area contributed by atoms with Gasteiger partial charge in [-0.25, -0.2) is 0 Å². The Hall–Kier alpha value is -1.18. The van der Waals surface area contributed by atoms with E-state index in [0.717, 1.165) is 4.47 Å². The standard InChI is InChI=1S/C11H15BrN2O4/c12-9-1-2-11(17)14(7-9)8-10(16)13-3-5-18-6-4-15/h1-2,7,15H,3-6,8H2,(H,13,16). The van der Waals surface area contributed by atoms with Crippen molar-refractivity contribution in [3.05, 3.63) is 33.2 Å². The molecule has 100 valence electrons. The summed E-state index contributed by atoms with van der Waals surface area (Å²) in [5.74, 6) is -0.261. The van der Waals surface area contributed by atoms with Crippen molar-refractivity contribution in [3.63, 3.8) is 0 Å². The first kappa shape index (κ1) is 14.9. The molecule has 0 radical (unpaired) electrons. The number of carbonyl (C=O) groups is 1. The van der Waals surface area contributed by atoms with E-state index in [1.165, 1.54) is 10.6 Å². The Morgan fingerprint density at radius 1 is 1.44 bits per heavy atom. The van der Waals surface area contributed by atoms with Crippen LogP contribution in [0.3, 0.4) is 0 Å². The highest BCUT2D eigenvalue weighted by molar-refractivity contribution is 9.10. The number of nitrogens with zero attached hydrogens (tertiary/aromatic N) is 1. The van der Waals surface area contributed by atoms with Gasteiger partial charge in [-0.1, -0.05) is 0 Å². The molecule has 0 saturated carbocycles. The molecule has 1 aromatic rings. The molecule has 0 aromatic carbocycles. The van der Waals surface area contributed by atoms with E-state index in [1.54, 1.807) is 12.3 Å². The molecule has 0 spiro atoms. The third kappa shape index (κ3) is 5.44. The van der Waals surface area contributed by atoms with Gasteiger partial charge in [0.15, 0.2) is 0 Å². The molecule has 0 aliphatic rings. The van der Waals surface area contributed by atoms with Gasteiger partial charge in [-0.3, -0.25) is 9.59 Å². The molecule has 0 bridgehead atoms. The smallest absolute Gasteiger partial charge is 0.251 e. The molecule has 18 heavy (non-hydrogen) atoms. The van der Waals surface area contributed by atoms with Gasteiger partial charge in [0.1, 0.15) is 6.54 Å². The molecular weight excluding hydrogens is 304 g/mol. The number of carbonyl (C=O) groups excluding carboxylic acids is 1. The van der Waals surface area contributed by atoms with Gasteiger partial charge in [-0.15, -0.1) is 0 Å². The van der Waals surface area contributed by atoms with Gasteiger partial charge >= 0.3 is 0 Å². The Labute approximate surface area is 113 Å². The van der Waals surface area contributed by atoms with E-state index in [4.69, 9.17) is 9.84 Å². The first-order chi connectivity index (χ1) is 8.63. The topological polar surface area (TPSA) is 80.6 Å². The third-order valence-electron chi connectivity index (χ3n) is 2.07. The number of rotatable bonds is 7. The van der Waals surface area contributed by atoms with Crippen LogP contribution < -0.4 is 10.9 Å². The molecule has 0 atom stereocenters. The number of nitrogens with one attached hydrogen (secondary N) is 1. The predicted molar refractivity (Wildman–Crippen MR) is 69.3 cm³/mol. The van der Waals surface area contributed by atoms with Crippen molar-refractivity contribution in [3.8, 4) is 0 Å². The SMILES string of the molecule is O=C(Cn1cc(Br)ccc1=O)NCCOCCO. The summed E-state index contributed by atoms with van der Waals surface area (Å²) in [6.07, 6.45) is 1.56. The van der Waals surface area contributed by atoms with Gasteiger partial charge in [0.25, 0.3) is 5.56 Å². The second-order valence-electron chi connectivity index (χ2n) is 3.50. The van der Waals surface area contributed by atoms with E-state index in [2.05, 4.69) is 21.2 Å². The molecule has 2 N–H and O–H groups in total. The van der Waals surface area contributed by atoms with Crippen LogP contribution in [-0.4, -0.2) is 41.9 Å². The van der Waals surface area contributed by atoms with Gasteiger partial charge in [-0.2, -0.15) is 0 Å². The number of aliphatic hydroxyl groups is 1. The van der Waals surface area contributed by atoms with Crippen molar-refractivity contribution >= 4 is 21.8 Å². The number of hydrogen-bond donors (Lipinski definition) is 2. The molecular formula is C11H15BrN2O4. The zero-order valence-corrected chi connectivity index (χ0v) is 11.4. The number of halogens is 1. The highest BCUT2D eigenvalue weighted by Crippen LogP contribution is 2.04. The maximum absolute atomic E-state index is 11.5. The van der Waals surface area contributed by atoms with Crippen LogP contribution in [0.1, 0.15) is 0 Å². The van der Waals surface area contributed by atoms with E-state index in [1.807, 2.05) is 0 Å². The molecule has 0 fully saturated rings. The molecule has 1 amide bonds. The maximum Gasteiger partial charge on any atom is 0.251 e. The van der Waals surface area contributed by atoms with E-state index < -0.39 is 0 Å². The summed E-state index contributed by atoms with van der Waals surface area (Å²) in [5.41, 5.74) is -0.232. The van der Waals surface area contributed by atoms with Crippen molar-refractivity contribution in [1.29, 1.82) is 0 Å². The summed E-state index contributed by atoms with van der Waals surface area (Å²) in [4.78, 5) is 22.9. The Bertz CT molecular complexity index is 447. The second-order valence-corrected chi connectivity index (χ2v) is 4.42. The Morgan fingerprint density at radius 3 is 2.94 bits per heavy atom. The number of ether oxygens (including phenoxy) is 1. The zero-order valence-electron chi connectivity index (χ0n) is 9.76. The normalized spacial score (nSPS) is 10.3. The fourth-order valence-electron chi connectivity index (χ4n) is 1.27. The van der Waals surface area contributed by atoms with Crippen molar-refractivity contribution in [2.75, 3.05) is 26.4 Å². The summed E-state index contributed by atoms with van der Waals surface area (Å²) in [6.45, 7) is 0.863. The van der Waals surface area contributed by atoms with Crippen LogP contribution in [-0.2, 0) is 16.1 Å². The number of pyridine rings is 1. The van der Waals surface area contributed by atoms with Crippen LogP contribution in [0.2, 0.25) is 0 Å². The average molecular weight is 319 g/mol. The molecule has 1 aromatic heterocycles. The molecule has 6 nitrogen and oxygen atoms in total. The second kappa shape index (κ2) is 8.02. The van der Waals surface area contributed by atoms with Crippen molar-refractivity contribution in [2.45, 2.75) is 6.54 Å². The minimum absolute atomic E-state index is 0.0295. The van der Waals surface area contributed by atoms with E-state index in [-0.39, 0.29) is 31.2 Å². The zero-order chi connectivity index (χ0) is 13.4. The summed E-state index contributed by atoms with van der Waals surface area (Å²) in [5, 5.41) is 11.1. The molecule has 0 aliphatic heterocycles. The van der Waals surface area contributed by atoms with Gasteiger partial charge in [0, 0.05) is 23.3 Å². The van der Waals surface area contributed by atoms with Gasteiger partial charge in [-0.05, 0) is 22.0 Å². The van der Waals surface area contributed by atoms with Gasteiger partial charge in [0.05, 0.1) is 19.8 Å². The van der Waals surface area contributed by atoms with Crippen LogP contribution in [0.25, 0.3) is 0 Å². The Kier molecular flexibility index (Phi) is 6.63. The summed E-state index contributed by atoms with van der Waals surface area (Å²) >= 11 is 3.23. The van der Waals surface area contributed by atoms with Crippen LogP contribution >= 0.6 is 15.9 Å². The maximum atomic E-state index is 11.5. The summed E-state index contributed by atoms with van der Waals surface area (Å²) < 4.78 is 7.04. The minimum atomic E-state index is -0.261. The first-order valence-corrected chi connectivity index (χ1v) is 6.24. The highest BCUT2D eigenvalue weighted by atomic mass is 79.9. The van der Waals surface area contributed by atoms with Crippen LogP contribution in [0.5, 0.6) is 0 Å². The summed E-state index contributed by atoms with van der Waals surface area (Å²) in [6, 6.07) is 3.02. The molecule has 0 saturated heterocycles.